The molecule has 0 aliphatic carbocycles. The Labute approximate surface area is 221 Å². The molecule has 0 saturated carbocycles. The number of rotatable bonds is 11. The highest BCUT2D eigenvalue weighted by atomic mass is 32.2. The van der Waals surface area contributed by atoms with E-state index in [9.17, 15) is 13.2 Å². The number of hydrazone groups is 1. The molecule has 1 amide bonds. The molecule has 0 aliphatic heterocycles. The molecule has 0 spiro atoms. The van der Waals surface area contributed by atoms with Crippen molar-refractivity contribution in [3.8, 4) is 17.2 Å². The van der Waals surface area contributed by atoms with Crippen molar-refractivity contribution >= 4 is 22.2 Å². The number of hydrogen-bond donors (Lipinski definition) is 1. The highest BCUT2D eigenvalue weighted by Crippen LogP contribution is 2.29. The molecule has 194 valence electrons. The van der Waals surface area contributed by atoms with Crippen molar-refractivity contribution in [3.05, 3.63) is 120 Å². The molecule has 1 N–H and O–H groups in total. The summed E-state index contributed by atoms with van der Waals surface area (Å²) >= 11 is 0. The van der Waals surface area contributed by atoms with Gasteiger partial charge in [-0.15, -0.1) is 0 Å². The minimum Gasteiger partial charge on any atom is -0.490 e. The fourth-order valence-corrected chi connectivity index (χ4v) is 4.39. The number of benzene rings is 4. The largest absolute Gasteiger partial charge is 0.490 e. The van der Waals surface area contributed by atoms with Crippen LogP contribution in [-0.4, -0.2) is 27.1 Å². The van der Waals surface area contributed by atoms with Crippen molar-refractivity contribution in [3.63, 3.8) is 0 Å². The molecule has 9 heteroatoms. The maximum absolute atomic E-state index is 12.7. The van der Waals surface area contributed by atoms with Crippen LogP contribution in [0, 0.1) is 0 Å². The highest BCUT2D eigenvalue weighted by molar-refractivity contribution is 7.87. The predicted octanol–water partition coefficient (Wildman–Crippen LogP) is 5.20. The molecule has 4 aromatic carbocycles. The monoisotopic (exact) mass is 530 g/mol. The van der Waals surface area contributed by atoms with Gasteiger partial charge in [0.2, 0.25) is 0 Å². The van der Waals surface area contributed by atoms with Crippen LogP contribution in [0.4, 0.5) is 0 Å². The summed E-state index contributed by atoms with van der Waals surface area (Å²) in [6.45, 7) is 2.60. The van der Waals surface area contributed by atoms with Crippen LogP contribution in [0.1, 0.15) is 28.4 Å². The fourth-order valence-electron chi connectivity index (χ4n) is 3.41. The Hall–Kier alpha value is -4.63. The molecule has 0 bridgehead atoms. The van der Waals surface area contributed by atoms with Gasteiger partial charge in [-0.25, -0.2) is 5.43 Å². The molecule has 0 aliphatic rings. The third-order valence-corrected chi connectivity index (χ3v) is 6.51. The lowest BCUT2D eigenvalue weighted by Gasteiger charge is -2.13. The van der Waals surface area contributed by atoms with Gasteiger partial charge >= 0.3 is 10.1 Å². The van der Waals surface area contributed by atoms with E-state index in [4.69, 9.17) is 13.7 Å². The van der Waals surface area contributed by atoms with Crippen LogP contribution in [0.15, 0.2) is 113 Å². The summed E-state index contributed by atoms with van der Waals surface area (Å²) in [5, 5.41) is 3.98. The quantitative estimate of drug-likeness (QED) is 0.163. The average Bonchev–Trinajstić information content (AvgIpc) is 2.94. The Bertz CT molecular complexity index is 1510. The Morgan fingerprint density at radius 1 is 0.816 bits per heavy atom. The van der Waals surface area contributed by atoms with Crippen molar-refractivity contribution in [2.75, 3.05) is 6.61 Å². The number of ether oxygens (including phenoxy) is 2. The van der Waals surface area contributed by atoms with E-state index in [1.54, 1.807) is 54.6 Å². The van der Waals surface area contributed by atoms with Gasteiger partial charge in [-0.3, -0.25) is 4.79 Å². The molecule has 4 aromatic rings. The number of hydrogen-bond acceptors (Lipinski definition) is 7. The van der Waals surface area contributed by atoms with E-state index in [0.717, 1.165) is 5.56 Å². The van der Waals surface area contributed by atoms with E-state index in [1.165, 1.54) is 24.4 Å². The molecule has 38 heavy (non-hydrogen) atoms. The minimum atomic E-state index is -4.03. The minimum absolute atomic E-state index is 0.0290. The van der Waals surface area contributed by atoms with Gasteiger partial charge < -0.3 is 13.7 Å². The predicted molar refractivity (Wildman–Crippen MR) is 144 cm³/mol. The van der Waals surface area contributed by atoms with Crippen molar-refractivity contribution in [1.29, 1.82) is 0 Å². The molecule has 0 atom stereocenters. The third kappa shape index (κ3) is 6.98. The molecular formula is C29H26N2O6S. The van der Waals surface area contributed by atoms with E-state index in [-0.39, 0.29) is 10.6 Å². The van der Waals surface area contributed by atoms with Crippen LogP contribution in [-0.2, 0) is 16.7 Å². The summed E-state index contributed by atoms with van der Waals surface area (Å²) < 4.78 is 42.1. The van der Waals surface area contributed by atoms with E-state index >= 15 is 0 Å². The first kappa shape index (κ1) is 26.4. The molecule has 0 aromatic heterocycles. The summed E-state index contributed by atoms with van der Waals surface area (Å²) in [6, 6.07) is 28.9. The molecular weight excluding hydrogens is 504 g/mol. The van der Waals surface area contributed by atoms with Crippen LogP contribution in [0.3, 0.4) is 0 Å². The van der Waals surface area contributed by atoms with Crippen LogP contribution in [0.25, 0.3) is 0 Å². The van der Waals surface area contributed by atoms with E-state index in [2.05, 4.69) is 10.5 Å². The number of carbonyl (C=O) groups is 1. The first-order chi connectivity index (χ1) is 18.5. The van der Waals surface area contributed by atoms with Gasteiger partial charge in [0.25, 0.3) is 5.91 Å². The maximum Gasteiger partial charge on any atom is 0.339 e. The normalized spacial score (nSPS) is 11.2. The highest BCUT2D eigenvalue weighted by Gasteiger charge is 2.17. The van der Waals surface area contributed by atoms with Gasteiger partial charge in [-0.1, -0.05) is 60.7 Å². The first-order valence-electron chi connectivity index (χ1n) is 11.8. The lowest BCUT2D eigenvalue weighted by Crippen LogP contribution is -2.18. The number of nitrogens with zero attached hydrogens (tertiary/aromatic N) is 1. The zero-order valence-corrected chi connectivity index (χ0v) is 21.4. The second-order valence-corrected chi connectivity index (χ2v) is 9.50. The third-order valence-electron chi connectivity index (χ3n) is 5.26. The van der Waals surface area contributed by atoms with Crippen LogP contribution in [0.5, 0.6) is 17.2 Å². The van der Waals surface area contributed by atoms with Crippen LogP contribution >= 0.6 is 0 Å². The fraction of sp³-hybridized carbons (Fsp3) is 0.103. The Morgan fingerprint density at radius 3 is 2.24 bits per heavy atom. The molecule has 0 unspecified atom stereocenters. The summed E-state index contributed by atoms with van der Waals surface area (Å²) in [6.07, 6.45) is 1.31. The van der Waals surface area contributed by atoms with Crippen LogP contribution < -0.4 is 19.1 Å². The van der Waals surface area contributed by atoms with Crippen LogP contribution in [0.2, 0.25) is 0 Å². The van der Waals surface area contributed by atoms with Gasteiger partial charge in [-0.2, -0.15) is 13.5 Å². The van der Waals surface area contributed by atoms with Gasteiger partial charge in [0.15, 0.2) is 17.2 Å². The first-order valence-corrected chi connectivity index (χ1v) is 13.2. The molecule has 0 saturated heterocycles. The second kappa shape index (κ2) is 12.6. The van der Waals surface area contributed by atoms with E-state index in [0.29, 0.717) is 35.8 Å². The van der Waals surface area contributed by atoms with Gasteiger partial charge in [0, 0.05) is 11.1 Å². The van der Waals surface area contributed by atoms with Crippen molar-refractivity contribution in [2.24, 2.45) is 5.10 Å². The number of nitrogens with one attached hydrogen (secondary N) is 1. The van der Waals surface area contributed by atoms with Crippen molar-refractivity contribution in [1.82, 2.24) is 5.43 Å². The summed E-state index contributed by atoms with van der Waals surface area (Å²) in [4.78, 5) is 12.8. The van der Waals surface area contributed by atoms with E-state index in [1.807, 2.05) is 37.3 Å². The van der Waals surface area contributed by atoms with E-state index < -0.39 is 16.0 Å². The lowest BCUT2D eigenvalue weighted by molar-refractivity contribution is 0.0954. The second-order valence-electron chi connectivity index (χ2n) is 7.96. The SMILES string of the molecule is CCOc1cc(C(=O)N/N=C/c2ccccc2OS(=O)(=O)c2ccccc2)ccc1OCc1ccccc1. The molecule has 0 radical (unpaired) electrons. The van der Waals surface area contributed by atoms with Crippen molar-refractivity contribution in [2.45, 2.75) is 18.4 Å². The number of para-hydroxylation sites is 1. The molecule has 8 nitrogen and oxygen atoms in total. The Kier molecular flexibility index (Phi) is 8.73. The summed E-state index contributed by atoms with van der Waals surface area (Å²) in [7, 11) is -4.03. The van der Waals surface area contributed by atoms with Crippen molar-refractivity contribution < 1.29 is 26.9 Å². The Morgan fingerprint density at radius 2 is 1.50 bits per heavy atom. The molecule has 0 fully saturated rings. The smallest absolute Gasteiger partial charge is 0.339 e. The zero-order valence-electron chi connectivity index (χ0n) is 20.6. The van der Waals surface area contributed by atoms with Gasteiger partial charge in [0.05, 0.1) is 12.8 Å². The van der Waals surface area contributed by atoms with Gasteiger partial charge in [0.1, 0.15) is 11.5 Å². The summed E-state index contributed by atoms with van der Waals surface area (Å²) in [5.74, 6) is 0.548. The number of carbonyl (C=O) groups excluding carboxylic acids is 1. The Balaban J connectivity index is 1.44. The zero-order chi connectivity index (χ0) is 26.8. The van der Waals surface area contributed by atoms with Gasteiger partial charge in [-0.05, 0) is 55.0 Å². The summed E-state index contributed by atoms with van der Waals surface area (Å²) in [5.41, 5.74) is 4.13. The molecule has 0 heterocycles. The number of amides is 1. The lowest BCUT2D eigenvalue weighted by atomic mass is 10.2. The topological polar surface area (TPSA) is 103 Å². The maximum atomic E-state index is 12.7. The standard InChI is InChI=1S/C29H26N2O6S/c1-2-35-28-19-23(17-18-27(28)36-21-22-11-5-3-6-12-22)29(32)31-30-20-24-13-9-10-16-26(24)37-38(33,34)25-14-7-4-8-15-25/h3-20H,2,21H2,1H3,(H,31,32)/b30-20+. The average molecular weight is 531 g/mol. The molecule has 4 rings (SSSR count).